The molecule has 5 nitrogen and oxygen atoms in total. The average Bonchev–Trinajstić information content (AvgIpc) is 2.72. The zero-order valence-electron chi connectivity index (χ0n) is 9.38. The molecule has 1 aliphatic rings. The summed E-state index contributed by atoms with van der Waals surface area (Å²) in [5.41, 5.74) is 1.58. The second-order valence-corrected chi connectivity index (χ2v) is 6.05. The van der Waals surface area contributed by atoms with Crippen molar-refractivity contribution in [3.63, 3.8) is 0 Å². The van der Waals surface area contributed by atoms with E-state index in [1.54, 1.807) is 19.1 Å². The third kappa shape index (κ3) is 2.00. The van der Waals surface area contributed by atoms with E-state index in [-0.39, 0.29) is 11.3 Å². The highest BCUT2D eigenvalue weighted by Gasteiger charge is 2.28. The van der Waals surface area contributed by atoms with E-state index in [0.717, 1.165) is 5.56 Å². The van der Waals surface area contributed by atoms with Crippen LogP contribution in [0.1, 0.15) is 22.8 Å². The molecule has 0 unspecified atom stereocenters. The van der Waals surface area contributed by atoms with Gasteiger partial charge in [-0.05, 0) is 37.1 Å². The minimum absolute atomic E-state index is 0.0487. The van der Waals surface area contributed by atoms with Gasteiger partial charge in [-0.15, -0.1) is 0 Å². The molecular formula is C11H13NO4S. The number of carbonyl (C=O) groups is 1. The first-order valence-corrected chi connectivity index (χ1v) is 6.93. The number of hydrogen-bond acceptors (Lipinski definition) is 3. The first-order valence-electron chi connectivity index (χ1n) is 5.32. The number of aromatic carboxylic acids is 1. The van der Waals surface area contributed by atoms with Crippen LogP contribution in [-0.4, -0.2) is 31.8 Å². The minimum Gasteiger partial charge on any atom is -0.478 e. The lowest BCUT2D eigenvalue weighted by Crippen LogP contribution is -2.30. The number of hydrogen-bond donors (Lipinski definition) is 1. The number of benzene rings is 1. The van der Waals surface area contributed by atoms with Crippen molar-refractivity contribution in [2.75, 3.05) is 16.6 Å². The summed E-state index contributed by atoms with van der Waals surface area (Å²) in [4.78, 5) is 10.8. The SMILES string of the molecule is CCS(=O)(=O)N1CCc2cc(C(=O)O)ccc21. The highest BCUT2D eigenvalue weighted by molar-refractivity contribution is 7.92. The lowest BCUT2D eigenvalue weighted by Gasteiger charge is -2.18. The Hall–Kier alpha value is -1.56. The third-order valence-corrected chi connectivity index (χ3v) is 4.66. The molecule has 17 heavy (non-hydrogen) atoms. The Morgan fingerprint density at radius 2 is 2.18 bits per heavy atom. The fraction of sp³-hybridized carbons (Fsp3) is 0.364. The number of rotatable bonds is 3. The largest absolute Gasteiger partial charge is 0.478 e. The summed E-state index contributed by atoms with van der Waals surface area (Å²) < 4.78 is 24.9. The molecule has 0 aliphatic carbocycles. The Morgan fingerprint density at radius 1 is 1.47 bits per heavy atom. The lowest BCUT2D eigenvalue weighted by molar-refractivity contribution is 0.0697. The van der Waals surface area contributed by atoms with Crippen molar-refractivity contribution in [1.29, 1.82) is 0 Å². The first kappa shape index (κ1) is 11.9. The van der Waals surface area contributed by atoms with Crippen LogP contribution < -0.4 is 4.31 Å². The summed E-state index contributed by atoms with van der Waals surface area (Å²) >= 11 is 0. The van der Waals surface area contributed by atoms with Crippen LogP contribution in [0.5, 0.6) is 0 Å². The molecule has 92 valence electrons. The molecule has 0 atom stereocenters. The van der Waals surface area contributed by atoms with Gasteiger partial charge in [0.05, 0.1) is 17.0 Å². The lowest BCUT2D eigenvalue weighted by atomic mass is 10.1. The number of sulfonamides is 1. The molecular weight excluding hydrogens is 242 g/mol. The van der Waals surface area contributed by atoms with Crippen molar-refractivity contribution < 1.29 is 18.3 Å². The smallest absolute Gasteiger partial charge is 0.335 e. The molecule has 0 spiro atoms. The molecule has 1 N–H and O–H groups in total. The van der Waals surface area contributed by atoms with Gasteiger partial charge in [0.2, 0.25) is 10.0 Å². The maximum absolute atomic E-state index is 11.8. The fourth-order valence-electron chi connectivity index (χ4n) is 1.95. The van der Waals surface area contributed by atoms with Crippen LogP contribution in [0.2, 0.25) is 0 Å². The van der Waals surface area contributed by atoms with Gasteiger partial charge in [-0.2, -0.15) is 0 Å². The molecule has 1 aromatic carbocycles. The van der Waals surface area contributed by atoms with Crippen LogP contribution in [0.15, 0.2) is 18.2 Å². The van der Waals surface area contributed by atoms with E-state index < -0.39 is 16.0 Å². The zero-order chi connectivity index (χ0) is 12.6. The van der Waals surface area contributed by atoms with Crippen molar-refractivity contribution in [2.24, 2.45) is 0 Å². The summed E-state index contributed by atoms with van der Waals surface area (Å²) in [7, 11) is -3.26. The molecule has 0 saturated carbocycles. The van der Waals surface area contributed by atoms with Crippen molar-refractivity contribution in [3.8, 4) is 0 Å². The summed E-state index contributed by atoms with van der Waals surface area (Å²) in [5, 5.41) is 8.86. The van der Waals surface area contributed by atoms with E-state index in [0.29, 0.717) is 18.7 Å². The van der Waals surface area contributed by atoms with Gasteiger partial charge in [0.1, 0.15) is 0 Å². The Balaban J connectivity index is 2.44. The monoisotopic (exact) mass is 255 g/mol. The van der Waals surface area contributed by atoms with Gasteiger partial charge >= 0.3 is 5.97 Å². The van der Waals surface area contributed by atoms with E-state index in [9.17, 15) is 13.2 Å². The van der Waals surface area contributed by atoms with E-state index in [1.807, 2.05) is 0 Å². The molecule has 0 amide bonds. The number of carboxylic acids is 1. The second-order valence-electron chi connectivity index (χ2n) is 3.87. The van der Waals surface area contributed by atoms with Crippen LogP contribution in [0.4, 0.5) is 5.69 Å². The van der Waals surface area contributed by atoms with E-state index in [2.05, 4.69) is 0 Å². The van der Waals surface area contributed by atoms with Crippen LogP contribution in [-0.2, 0) is 16.4 Å². The Bertz CT molecular complexity index is 565. The highest BCUT2D eigenvalue weighted by Crippen LogP contribution is 2.31. The molecule has 1 heterocycles. The summed E-state index contributed by atoms with van der Waals surface area (Å²) in [6.45, 7) is 1.99. The maximum Gasteiger partial charge on any atom is 0.335 e. The van der Waals surface area contributed by atoms with Gasteiger partial charge in [0.25, 0.3) is 0 Å². The normalized spacial score (nSPS) is 14.8. The molecule has 0 bridgehead atoms. The quantitative estimate of drug-likeness (QED) is 0.877. The highest BCUT2D eigenvalue weighted by atomic mass is 32.2. The number of nitrogens with zero attached hydrogens (tertiary/aromatic N) is 1. The van der Waals surface area contributed by atoms with Crippen molar-refractivity contribution >= 4 is 21.7 Å². The molecule has 0 radical (unpaired) electrons. The number of carboxylic acid groups (broad SMARTS) is 1. The third-order valence-electron chi connectivity index (χ3n) is 2.88. The Kier molecular flexibility index (Phi) is 2.82. The summed E-state index contributed by atoms with van der Waals surface area (Å²) in [5.74, 6) is -0.947. The van der Waals surface area contributed by atoms with E-state index in [4.69, 9.17) is 5.11 Å². The molecule has 1 aliphatic heterocycles. The van der Waals surface area contributed by atoms with Gasteiger partial charge in [0, 0.05) is 6.54 Å². The molecule has 1 aromatic rings. The maximum atomic E-state index is 11.8. The van der Waals surface area contributed by atoms with Gasteiger partial charge in [0.15, 0.2) is 0 Å². The minimum atomic E-state index is -3.26. The van der Waals surface area contributed by atoms with Crippen LogP contribution in [0, 0.1) is 0 Å². The van der Waals surface area contributed by atoms with Gasteiger partial charge in [-0.3, -0.25) is 4.31 Å². The summed E-state index contributed by atoms with van der Waals surface area (Å²) in [6.07, 6.45) is 0.565. The average molecular weight is 255 g/mol. The predicted octanol–water partition coefficient (Wildman–Crippen LogP) is 1.10. The molecule has 0 saturated heterocycles. The standard InChI is InChI=1S/C11H13NO4S/c1-2-17(15,16)12-6-5-8-7-9(11(13)14)3-4-10(8)12/h3-4,7H,2,5-6H2,1H3,(H,13,14). The van der Waals surface area contributed by atoms with Crippen LogP contribution in [0.25, 0.3) is 0 Å². The topological polar surface area (TPSA) is 74.7 Å². The molecule has 6 heteroatoms. The molecule has 0 aromatic heterocycles. The zero-order valence-corrected chi connectivity index (χ0v) is 10.2. The van der Waals surface area contributed by atoms with E-state index in [1.165, 1.54) is 10.4 Å². The second kappa shape index (κ2) is 4.03. The predicted molar refractivity (Wildman–Crippen MR) is 63.9 cm³/mol. The van der Waals surface area contributed by atoms with Crippen LogP contribution >= 0.6 is 0 Å². The number of fused-ring (bicyclic) bond motifs is 1. The fourth-order valence-corrected chi connectivity index (χ4v) is 3.11. The van der Waals surface area contributed by atoms with Gasteiger partial charge < -0.3 is 5.11 Å². The molecule has 2 rings (SSSR count). The molecule has 0 fully saturated rings. The first-order chi connectivity index (χ1) is 7.95. The Labute approximate surface area is 99.7 Å². The van der Waals surface area contributed by atoms with Crippen LogP contribution in [0.3, 0.4) is 0 Å². The van der Waals surface area contributed by atoms with E-state index >= 15 is 0 Å². The number of anilines is 1. The summed E-state index contributed by atoms with van der Waals surface area (Å²) in [6, 6.07) is 4.55. The van der Waals surface area contributed by atoms with Crippen molar-refractivity contribution in [2.45, 2.75) is 13.3 Å². The van der Waals surface area contributed by atoms with Gasteiger partial charge in [-0.25, -0.2) is 13.2 Å². The van der Waals surface area contributed by atoms with Crippen molar-refractivity contribution in [1.82, 2.24) is 0 Å². The van der Waals surface area contributed by atoms with Gasteiger partial charge in [-0.1, -0.05) is 0 Å². The Morgan fingerprint density at radius 3 is 2.76 bits per heavy atom. The van der Waals surface area contributed by atoms with Crippen molar-refractivity contribution in [3.05, 3.63) is 29.3 Å².